The van der Waals surface area contributed by atoms with Crippen LogP contribution in [-0.4, -0.2) is 37.0 Å². The van der Waals surface area contributed by atoms with Crippen molar-refractivity contribution in [3.05, 3.63) is 83.4 Å². The summed E-state index contributed by atoms with van der Waals surface area (Å²) in [5.41, 5.74) is 2.65. The Balaban J connectivity index is 1.80. The molecule has 1 heterocycles. The third-order valence-electron chi connectivity index (χ3n) is 5.47. The molecule has 0 bridgehead atoms. The minimum atomic E-state index is -0.701. The van der Waals surface area contributed by atoms with Gasteiger partial charge in [-0.05, 0) is 31.0 Å². The Morgan fingerprint density at radius 1 is 1.04 bits per heavy atom. The average molecular weight is 348 g/mol. The van der Waals surface area contributed by atoms with E-state index in [9.17, 15) is 4.79 Å². The maximum atomic E-state index is 13.3. The minimum Gasteiger partial charge on any atom is -0.351 e. The zero-order chi connectivity index (χ0) is 18.4. The fourth-order valence-corrected chi connectivity index (χ4v) is 3.54. The molecule has 3 nitrogen and oxygen atoms in total. The van der Waals surface area contributed by atoms with E-state index in [-0.39, 0.29) is 5.91 Å². The Morgan fingerprint density at radius 2 is 1.62 bits per heavy atom. The summed E-state index contributed by atoms with van der Waals surface area (Å²) in [4.78, 5) is 15.7. The number of hydrogen-bond donors (Lipinski definition) is 1. The molecule has 0 atom stereocenters. The van der Waals surface area contributed by atoms with E-state index < -0.39 is 5.41 Å². The zero-order valence-electron chi connectivity index (χ0n) is 15.7. The standard InChI is InChI=1S/C23H28N2O/c1-3-25-16-14-19(15-17-25)18-24-22(26)23(2,20-10-6-4-7-11-20)21-12-8-5-9-13-21/h4-14H,3,15-18H2,1-2H3,(H,24,26). The van der Waals surface area contributed by atoms with Crippen LogP contribution in [0.5, 0.6) is 0 Å². The number of nitrogens with one attached hydrogen (secondary N) is 1. The van der Waals surface area contributed by atoms with Crippen LogP contribution in [0.3, 0.4) is 0 Å². The van der Waals surface area contributed by atoms with Crippen LogP contribution >= 0.6 is 0 Å². The van der Waals surface area contributed by atoms with Crippen LogP contribution in [0.25, 0.3) is 0 Å². The van der Waals surface area contributed by atoms with Gasteiger partial charge in [0, 0.05) is 19.6 Å². The highest BCUT2D eigenvalue weighted by Crippen LogP contribution is 2.32. The van der Waals surface area contributed by atoms with Gasteiger partial charge in [0.25, 0.3) is 0 Å². The largest absolute Gasteiger partial charge is 0.351 e. The van der Waals surface area contributed by atoms with Crippen LogP contribution in [0.15, 0.2) is 72.3 Å². The van der Waals surface area contributed by atoms with Gasteiger partial charge in [-0.25, -0.2) is 0 Å². The molecular weight excluding hydrogens is 320 g/mol. The van der Waals surface area contributed by atoms with Crippen LogP contribution in [0.1, 0.15) is 31.4 Å². The Labute approximate surface area is 156 Å². The van der Waals surface area contributed by atoms with E-state index in [1.54, 1.807) is 0 Å². The van der Waals surface area contributed by atoms with Crippen molar-refractivity contribution in [3.63, 3.8) is 0 Å². The van der Waals surface area contributed by atoms with E-state index in [2.05, 4.69) is 23.2 Å². The SMILES string of the molecule is CCN1CC=C(CNC(=O)C(C)(c2ccccc2)c2ccccc2)CC1. The first-order valence-corrected chi connectivity index (χ1v) is 9.44. The lowest BCUT2D eigenvalue weighted by atomic mass is 9.75. The summed E-state index contributed by atoms with van der Waals surface area (Å²) < 4.78 is 0. The van der Waals surface area contributed by atoms with Crippen molar-refractivity contribution >= 4 is 5.91 Å². The van der Waals surface area contributed by atoms with Crippen LogP contribution in [0.2, 0.25) is 0 Å². The number of carbonyl (C=O) groups excluding carboxylic acids is 1. The smallest absolute Gasteiger partial charge is 0.235 e. The van der Waals surface area contributed by atoms with E-state index in [4.69, 9.17) is 0 Å². The molecule has 1 aliphatic heterocycles. The highest BCUT2D eigenvalue weighted by Gasteiger charge is 2.36. The van der Waals surface area contributed by atoms with Crippen molar-refractivity contribution < 1.29 is 4.79 Å². The Hall–Kier alpha value is -2.39. The summed E-state index contributed by atoms with van der Waals surface area (Å²) >= 11 is 0. The number of likely N-dealkylation sites (N-methyl/N-ethyl adjacent to an activating group) is 1. The lowest BCUT2D eigenvalue weighted by Gasteiger charge is -2.30. The van der Waals surface area contributed by atoms with Crippen LogP contribution < -0.4 is 5.32 Å². The van der Waals surface area contributed by atoms with E-state index >= 15 is 0 Å². The van der Waals surface area contributed by atoms with Crippen molar-refractivity contribution in [1.82, 2.24) is 10.2 Å². The van der Waals surface area contributed by atoms with Crippen molar-refractivity contribution in [1.29, 1.82) is 0 Å². The normalized spacial score (nSPS) is 15.4. The fraction of sp³-hybridized carbons (Fsp3) is 0.348. The van der Waals surface area contributed by atoms with Crippen LogP contribution in [0.4, 0.5) is 0 Å². The average Bonchev–Trinajstić information content (AvgIpc) is 2.73. The van der Waals surface area contributed by atoms with Crippen molar-refractivity contribution in [3.8, 4) is 0 Å². The summed E-state index contributed by atoms with van der Waals surface area (Å²) in [6.45, 7) is 7.97. The molecule has 1 aliphatic rings. The molecule has 1 amide bonds. The molecule has 0 spiro atoms. The number of carbonyl (C=O) groups is 1. The molecule has 2 aromatic carbocycles. The topological polar surface area (TPSA) is 32.3 Å². The number of hydrogen-bond acceptors (Lipinski definition) is 2. The molecule has 3 rings (SSSR count). The second-order valence-corrected chi connectivity index (χ2v) is 7.05. The van der Waals surface area contributed by atoms with Gasteiger partial charge in [-0.2, -0.15) is 0 Å². The van der Waals surface area contributed by atoms with Gasteiger partial charge in [-0.3, -0.25) is 9.69 Å². The van der Waals surface area contributed by atoms with E-state index in [0.29, 0.717) is 6.54 Å². The number of nitrogens with zero attached hydrogens (tertiary/aromatic N) is 1. The first-order valence-electron chi connectivity index (χ1n) is 9.44. The summed E-state index contributed by atoms with van der Waals surface area (Å²) in [6.07, 6.45) is 3.29. The lowest BCUT2D eigenvalue weighted by molar-refractivity contribution is -0.124. The second-order valence-electron chi connectivity index (χ2n) is 7.05. The van der Waals surface area contributed by atoms with Gasteiger partial charge in [-0.15, -0.1) is 0 Å². The summed E-state index contributed by atoms with van der Waals surface area (Å²) in [6, 6.07) is 20.1. The first-order chi connectivity index (χ1) is 12.6. The quantitative estimate of drug-likeness (QED) is 0.806. The highest BCUT2D eigenvalue weighted by molar-refractivity contribution is 5.91. The molecule has 3 heteroatoms. The highest BCUT2D eigenvalue weighted by atomic mass is 16.2. The zero-order valence-corrected chi connectivity index (χ0v) is 15.7. The predicted molar refractivity (Wildman–Crippen MR) is 107 cm³/mol. The second kappa shape index (κ2) is 8.33. The lowest BCUT2D eigenvalue weighted by Crippen LogP contribution is -2.44. The maximum Gasteiger partial charge on any atom is 0.235 e. The van der Waals surface area contributed by atoms with Gasteiger partial charge in [0.05, 0.1) is 5.41 Å². The van der Waals surface area contributed by atoms with Gasteiger partial charge < -0.3 is 5.32 Å². The molecule has 2 aromatic rings. The van der Waals surface area contributed by atoms with Gasteiger partial charge in [0.1, 0.15) is 0 Å². The molecule has 0 radical (unpaired) electrons. The van der Waals surface area contributed by atoms with Crippen molar-refractivity contribution in [2.75, 3.05) is 26.2 Å². The van der Waals surface area contributed by atoms with E-state index in [1.165, 1.54) is 5.57 Å². The number of amides is 1. The molecule has 0 saturated carbocycles. The summed E-state index contributed by atoms with van der Waals surface area (Å²) in [7, 11) is 0. The fourth-order valence-electron chi connectivity index (χ4n) is 3.54. The third-order valence-corrected chi connectivity index (χ3v) is 5.47. The Kier molecular flexibility index (Phi) is 5.89. The summed E-state index contributed by atoms with van der Waals surface area (Å²) in [5.74, 6) is 0.0497. The van der Waals surface area contributed by atoms with Crippen molar-refractivity contribution in [2.24, 2.45) is 0 Å². The Morgan fingerprint density at radius 3 is 2.08 bits per heavy atom. The van der Waals surface area contributed by atoms with E-state index in [0.717, 1.165) is 37.2 Å². The Bertz CT molecular complexity index is 713. The van der Waals surface area contributed by atoms with E-state index in [1.807, 2.05) is 67.6 Å². The molecule has 0 aliphatic carbocycles. The summed E-state index contributed by atoms with van der Waals surface area (Å²) in [5, 5.41) is 3.20. The minimum absolute atomic E-state index is 0.0497. The molecule has 0 aromatic heterocycles. The van der Waals surface area contributed by atoms with Crippen molar-refractivity contribution in [2.45, 2.75) is 25.7 Å². The number of benzene rings is 2. The molecule has 0 unspecified atom stereocenters. The maximum absolute atomic E-state index is 13.3. The third kappa shape index (κ3) is 3.88. The molecule has 1 N–H and O–H groups in total. The van der Waals surface area contributed by atoms with Gasteiger partial charge in [-0.1, -0.05) is 79.2 Å². The van der Waals surface area contributed by atoms with Crippen LogP contribution in [0, 0.1) is 0 Å². The molecule has 136 valence electrons. The molecule has 0 fully saturated rings. The number of rotatable bonds is 6. The molecule has 0 saturated heterocycles. The molecular formula is C23H28N2O. The van der Waals surface area contributed by atoms with Gasteiger partial charge >= 0.3 is 0 Å². The van der Waals surface area contributed by atoms with Gasteiger partial charge in [0.2, 0.25) is 5.91 Å². The predicted octanol–water partition coefficient (Wildman–Crippen LogP) is 3.76. The first kappa shape index (κ1) is 18.4. The monoisotopic (exact) mass is 348 g/mol. The molecule has 26 heavy (non-hydrogen) atoms. The van der Waals surface area contributed by atoms with Gasteiger partial charge in [0.15, 0.2) is 0 Å². The van der Waals surface area contributed by atoms with Crippen LogP contribution in [-0.2, 0) is 10.2 Å².